The smallest absolute Gasteiger partial charge is 0.277 e. The summed E-state index contributed by atoms with van der Waals surface area (Å²) in [4.78, 5) is 12.3. The molecule has 0 fully saturated rings. The summed E-state index contributed by atoms with van der Waals surface area (Å²) in [6.45, 7) is 1.78. The lowest BCUT2D eigenvalue weighted by molar-refractivity contribution is -0.115. The highest BCUT2D eigenvalue weighted by Crippen LogP contribution is 2.28. The Hall–Kier alpha value is -1.83. The highest BCUT2D eigenvalue weighted by atomic mass is 79.9. The van der Waals surface area contributed by atoms with Crippen molar-refractivity contribution in [2.75, 3.05) is 5.32 Å². The molecule has 2 aromatic carbocycles. The molecule has 0 saturated carbocycles. The zero-order chi connectivity index (χ0) is 17.8. The Bertz CT molecular complexity index is 903. The Balaban J connectivity index is 1.65. The van der Waals surface area contributed by atoms with Gasteiger partial charge in [-0.25, -0.2) is 0 Å². The maximum Gasteiger partial charge on any atom is 0.277 e. The van der Waals surface area contributed by atoms with Gasteiger partial charge in [-0.15, -0.1) is 10.2 Å². The Morgan fingerprint density at radius 1 is 1.24 bits per heavy atom. The summed E-state index contributed by atoms with van der Waals surface area (Å²) in [5.41, 5.74) is 1.45. The van der Waals surface area contributed by atoms with Crippen molar-refractivity contribution in [3.8, 4) is 11.5 Å². The number of hydrogen-bond donors (Lipinski definition) is 1. The average molecular weight is 439 g/mol. The van der Waals surface area contributed by atoms with Gasteiger partial charge in [0.05, 0.1) is 5.25 Å². The minimum absolute atomic E-state index is 0.148. The normalized spacial score (nSPS) is 12.0. The first-order chi connectivity index (χ1) is 12.0. The molecule has 0 aliphatic carbocycles. The summed E-state index contributed by atoms with van der Waals surface area (Å²) in [6, 6.07) is 14.6. The van der Waals surface area contributed by atoms with Gasteiger partial charge >= 0.3 is 0 Å². The van der Waals surface area contributed by atoms with E-state index in [0.29, 0.717) is 16.1 Å². The third kappa shape index (κ3) is 4.84. The van der Waals surface area contributed by atoms with E-state index in [1.54, 1.807) is 19.1 Å². The van der Waals surface area contributed by atoms with Gasteiger partial charge in [0.15, 0.2) is 0 Å². The van der Waals surface area contributed by atoms with Gasteiger partial charge in [0.1, 0.15) is 0 Å². The molecule has 5 nitrogen and oxygen atoms in total. The number of nitrogens with zero attached hydrogens (tertiary/aromatic N) is 2. The lowest BCUT2D eigenvalue weighted by atomic mass is 10.2. The second-order valence-electron chi connectivity index (χ2n) is 5.14. The minimum atomic E-state index is -0.397. The van der Waals surface area contributed by atoms with Crippen LogP contribution in [0.3, 0.4) is 0 Å². The predicted molar refractivity (Wildman–Crippen MR) is 103 cm³/mol. The van der Waals surface area contributed by atoms with Gasteiger partial charge in [0, 0.05) is 20.7 Å². The van der Waals surface area contributed by atoms with E-state index in [-0.39, 0.29) is 5.91 Å². The summed E-state index contributed by atoms with van der Waals surface area (Å²) in [7, 11) is 0. The number of carbonyl (C=O) groups is 1. The van der Waals surface area contributed by atoms with Crippen LogP contribution in [0, 0.1) is 0 Å². The van der Waals surface area contributed by atoms with Crippen molar-refractivity contribution in [1.29, 1.82) is 0 Å². The molecule has 0 aliphatic heterocycles. The first-order valence-electron chi connectivity index (χ1n) is 7.34. The van der Waals surface area contributed by atoms with Gasteiger partial charge in [-0.2, -0.15) is 0 Å². The second-order valence-corrected chi connectivity index (χ2v) is 7.79. The third-order valence-corrected chi connectivity index (χ3v) is 4.88. The molecular formula is C17H13BrClN3O2S. The largest absolute Gasteiger partial charge is 0.411 e. The summed E-state index contributed by atoms with van der Waals surface area (Å²) in [5.74, 6) is 0.218. The number of thioether (sulfide) groups is 1. The molecule has 0 saturated heterocycles. The lowest BCUT2D eigenvalue weighted by Gasteiger charge is -2.10. The van der Waals surface area contributed by atoms with E-state index >= 15 is 0 Å². The molecule has 128 valence electrons. The van der Waals surface area contributed by atoms with E-state index in [1.165, 1.54) is 11.8 Å². The number of anilines is 1. The summed E-state index contributed by atoms with van der Waals surface area (Å²) in [6.07, 6.45) is 0. The lowest BCUT2D eigenvalue weighted by Crippen LogP contribution is -2.22. The molecule has 8 heteroatoms. The maximum atomic E-state index is 12.3. The number of amides is 1. The molecule has 0 radical (unpaired) electrons. The Morgan fingerprint density at radius 3 is 2.80 bits per heavy atom. The van der Waals surface area contributed by atoms with Crippen molar-refractivity contribution in [2.45, 2.75) is 17.4 Å². The number of benzene rings is 2. The molecule has 1 heterocycles. The highest BCUT2D eigenvalue weighted by molar-refractivity contribution is 9.10. The van der Waals surface area contributed by atoms with Gasteiger partial charge < -0.3 is 9.73 Å². The Kier molecular flexibility index (Phi) is 5.78. The molecule has 1 amide bonds. The predicted octanol–water partition coefficient (Wildman–Crippen LogP) is 5.27. The Morgan fingerprint density at radius 2 is 2.04 bits per heavy atom. The molecule has 25 heavy (non-hydrogen) atoms. The van der Waals surface area contributed by atoms with E-state index in [4.69, 9.17) is 16.0 Å². The molecule has 0 bridgehead atoms. The van der Waals surface area contributed by atoms with Crippen molar-refractivity contribution >= 4 is 50.9 Å². The van der Waals surface area contributed by atoms with Gasteiger partial charge in [0.25, 0.3) is 5.22 Å². The first-order valence-corrected chi connectivity index (χ1v) is 9.39. The standard InChI is InChI=1S/C17H13BrClN3O2S/c1-10(15(23)20-14-7-3-5-12(18)9-14)25-17-22-21-16(24-17)11-4-2-6-13(19)8-11/h2-10H,1H3,(H,20,23). The SMILES string of the molecule is CC(Sc1nnc(-c2cccc(Cl)c2)o1)C(=O)Nc1cccc(Br)c1. The first kappa shape index (κ1) is 18.0. The highest BCUT2D eigenvalue weighted by Gasteiger charge is 2.19. The van der Waals surface area contributed by atoms with E-state index in [9.17, 15) is 4.79 Å². The third-order valence-electron chi connectivity index (χ3n) is 3.22. The number of carbonyl (C=O) groups excluding carboxylic acids is 1. The molecule has 1 unspecified atom stereocenters. The number of nitrogens with one attached hydrogen (secondary N) is 1. The fourth-order valence-corrected chi connectivity index (χ4v) is 3.28. The fourth-order valence-electron chi connectivity index (χ4n) is 2.01. The van der Waals surface area contributed by atoms with Crippen LogP contribution in [0.1, 0.15) is 6.92 Å². The van der Waals surface area contributed by atoms with Crippen molar-refractivity contribution in [3.05, 3.63) is 58.0 Å². The Labute approximate surface area is 162 Å². The zero-order valence-electron chi connectivity index (χ0n) is 13.1. The second kappa shape index (κ2) is 8.03. The van der Waals surface area contributed by atoms with E-state index in [2.05, 4.69) is 31.4 Å². The molecule has 0 spiro atoms. The van der Waals surface area contributed by atoms with Crippen molar-refractivity contribution in [3.63, 3.8) is 0 Å². The van der Waals surface area contributed by atoms with Crippen LogP contribution < -0.4 is 5.32 Å². The van der Waals surface area contributed by atoms with Crippen LogP contribution in [0.25, 0.3) is 11.5 Å². The topological polar surface area (TPSA) is 68.0 Å². The quantitative estimate of drug-likeness (QED) is 0.549. The molecular weight excluding hydrogens is 426 g/mol. The number of aromatic nitrogens is 2. The van der Waals surface area contributed by atoms with Crippen molar-refractivity contribution in [1.82, 2.24) is 10.2 Å². The summed E-state index contributed by atoms with van der Waals surface area (Å²) >= 11 is 10.5. The minimum Gasteiger partial charge on any atom is -0.411 e. The number of hydrogen-bond acceptors (Lipinski definition) is 5. The van der Waals surface area contributed by atoms with Crippen molar-refractivity contribution in [2.24, 2.45) is 0 Å². The van der Waals surface area contributed by atoms with Gasteiger partial charge in [0.2, 0.25) is 11.8 Å². The van der Waals surface area contributed by atoms with Crippen LogP contribution in [0.5, 0.6) is 0 Å². The zero-order valence-corrected chi connectivity index (χ0v) is 16.2. The van der Waals surface area contributed by atoms with Crippen LogP contribution in [0.4, 0.5) is 5.69 Å². The van der Waals surface area contributed by atoms with Crippen LogP contribution in [-0.4, -0.2) is 21.4 Å². The van der Waals surface area contributed by atoms with Crippen molar-refractivity contribution < 1.29 is 9.21 Å². The molecule has 0 aliphatic rings. The van der Waals surface area contributed by atoms with E-state index in [1.807, 2.05) is 36.4 Å². The average Bonchev–Trinajstić information content (AvgIpc) is 3.03. The number of halogens is 2. The summed E-state index contributed by atoms with van der Waals surface area (Å²) < 4.78 is 6.51. The molecule has 1 aromatic heterocycles. The van der Waals surface area contributed by atoms with Crippen LogP contribution >= 0.6 is 39.3 Å². The number of rotatable bonds is 5. The van der Waals surface area contributed by atoms with E-state index < -0.39 is 5.25 Å². The fraction of sp³-hybridized carbons (Fsp3) is 0.118. The van der Waals surface area contributed by atoms with Crippen LogP contribution in [0.15, 0.2) is 62.6 Å². The monoisotopic (exact) mass is 437 g/mol. The van der Waals surface area contributed by atoms with Crippen LogP contribution in [0.2, 0.25) is 5.02 Å². The van der Waals surface area contributed by atoms with Gasteiger partial charge in [-0.3, -0.25) is 4.79 Å². The maximum absolute atomic E-state index is 12.3. The molecule has 1 atom stereocenters. The molecule has 3 rings (SSSR count). The van der Waals surface area contributed by atoms with Gasteiger partial charge in [-0.1, -0.05) is 51.4 Å². The van der Waals surface area contributed by atoms with Gasteiger partial charge in [-0.05, 0) is 43.3 Å². The van der Waals surface area contributed by atoms with E-state index in [0.717, 1.165) is 15.7 Å². The molecule has 3 aromatic rings. The van der Waals surface area contributed by atoms with Crippen LogP contribution in [-0.2, 0) is 4.79 Å². The summed E-state index contributed by atoms with van der Waals surface area (Å²) in [5, 5.41) is 11.4. The molecule has 1 N–H and O–H groups in total.